The lowest BCUT2D eigenvalue weighted by Crippen LogP contribution is -2.45. The number of hydrogen-bond donors (Lipinski definition) is 2. The number of nitrogens with zero attached hydrogens (tertiary/aromatic N) is 1. The minimum atomic E-state index is -0.568. The highest BCUT2D eigenvalue weighted by Gasteiger charge is 2.33. The van der Waals surface area contributed by atoms with Crippen LogP contribution in [0.1, 0.15) is 17.5 Å². The van der Waals surface area contributed by atoms with Gasteiger partial charge in [0.05, 0.1) is 0 Å². The normalized spacial score (nSPS) is 16.8. The monoisotopic (exact) mass is 341 g/mol. The van der Waals surface area contributed by atoms with E-state index < -0.39 is 6.04 Å². The molecule has 1 saturated heterocycles. The number of amides is 3. The number of rotatable bonds is 4. The smallest absolute Gasteiger partial charge is 0.315 e. The van der Waals surface area contributed by atoms with Crippen molar-refractivity contribution in [2.75, 3.05) is 11.4 Å². The van der Waals surface area contributed by atoms with E-state index in [1.165, 1.54) is 6.07 Å². The second-order valence-electron chi connectivity index (χ2n) is 6.08. The Kier molecular flexibility index (Phi) is 4.97. The van der Waals surface area contributed by atoms with Crippen molar-refractivity contribution >= 4 is 17.6 Å². The van der Waals surface area contributed by atoms with Crippen molar-refractivity contribution in [3.63, 3.8) is 0 Å². The third kappa shape index (κ3) is 3.96. The van der Waals surface area contributed by atoms with Gasteiger partial charge in [-0.15, -0.1) is 0 Å². The van der Waals surface area contributed by atoms with E-state index in [0.29, 0.717) is 30.8 Å². The lowest BCUT2D eigenvalue weighted by atomic mass is 10.2. The third-order valence-electron chi connectivity index (χ3n) is 4.26. The van der Waals surface area contributed by atoms with Crippen molar-refractivity contribution in [1.82, 2.24) is 10.6 Å². The van der Waals surface area contributed by atoms with Gasteiger partial charge in [0.15, 0.2) is 0 Å². The topological polar surface area (TPSA) is 61.4 Å². The molecule has 130 valence electrons. The molecule has 2 N–H and O–H groups in total. The highest BCUT2D eigenvalue weighted by atomic mass is 19.1. The minimum Gasteiger partial charge on any atom is -0.334 e. The first-order valence-electron chi connectivity index (χ1n) is 8.20. The molecule has 6 heteroatoms. The predicted octanol–water partition coefficient (Wildman–Crippen LogP) is 2.74. The summed E-state index contributed by atoms with van der Waals surface area (Å²) in [6, 6.07) is 13.2. The van der Waals surface area contributed by atoms with Crippen LogP contribution in [0.4, 0.5) is 14.9 Å². The Balaban J connectivity index is 1.56. The first kappa shape index (κ1) is 17.0. The Morgan fingerprint density at radius 1 is 1.24 bits per heavy atom. The van der Waals surface area contributed by atoms with Gasteiger partial charge < -0.3 is 15.5 Å². The van der Waals surface area contributed by atoms with Crippen LogP contribution in [0.15, 0.2) is 48.5 Å². The number of hydrogen-bond acceptors (Lipinski definition) is 2. The van der Waals surface area contributed by atoms with Crippen molar-refractivity contribution in [3.8, 4) is 0 Å². The van der Waals surface area contributed by atoms with Gasteiger partial charge in [0, 0.05) is 18.8 Å². The summed E-state index contributed by atoms with van der Waals surface area (Å²) in [7, 11) is 0. The van der Waals surface area contributed by atoms with Gasteiger partial charge in [0.1, 0.15) is 11.9 Å². The highest BCUT2D eigenvalue weighted by molar-refractivity contribution is 6.01. The molecule has 5 nitrogen and oxygen atoms in total. The number of benzene rings is 2. The maximum absolute atomic E-state index is 13.4. The summed E-state index contributed by atoms with van der Waals surface area (Å²) < 4.78 is 13.4. The van der Waals surface area contributed by atoms with Crippen LogP contribution in [0, 0.1) is 12.7 Å². The maximum Gasteiger partial charge on any atom is 0.315 e. The van der Waals surface area contributed by atoms with E-state index in [-0.39, 0.29) is 17.8 Å². The van der Waals surface area contributed by atoms with Crippen LogP contribution in [0.5, 0.6) is 0 Å². The van der Waals surface area contributed by atoms with Gasteiger partial charge >= 0.3 is 6.03 Å². The van der Waals surface area contributed by atoms with Gasteiger partial charge in [0.2, 0.25) is 5.91 Å². The first-order chi connectivity index (χ1) is 12.0. The molecule has 2 aromatic rings. The molecule has 0 spiro atoms. The van der Waals surface area contributed by atoms with Crippen molar-refractivity contribution in [1.29, 1.82) is 0 Å². The Morgan fingerprint density at radius 2 is 2.00 bits per heavy atom. The van der Waals surface area contributed by atoms with E-state index in [9.17, 15) is 14.0 Å². The van der Waals surface area contributed by atoms with Crippen LogP contribution in [0.25, 0.3) is 0 Å². The van der Waals surface area contributed by atoms with Crippen LogP contribution < -0.4 is 15.5 Å². The SMILES string of the molecule is Cc1cc(N2CCC(NC(=O)NCc3ccccc3)C2=O)ccc1F. The highest BCUT2D eigenvalue weighted by Crippen LogP contribution is 2.23. The third-order valence-corrected chi connectivity index (χ3v) is 4.26. The quantitative estimate of drug-likeness (QED) is 0.898. The van der Waals surface area contributed by atoms with Crippen LogP contribution in [0.2, 0.25) is 0 Å². The lowest BCUT2D eigenvalue weighted by Gasteiger charge is -2.18. The zero-order chi connectivity index (χ0) is 17.8. The molecule has 1 aliphatic rings. The molecule has 1 fully saturated rings. The summed E-state index contributed by atoms with van der Waals surface area (Å²) in [5, 5.41) is 5.46. The second-order valence-corrected chi connectivity index (χ2v) is 6.08. The maximum atomic E-state index is 13.4. The summed E-state index contributed by atoms with van der Waals surface area (Å²) in [6.07, 6.45) is 0.522. The summed E-state index contributed by atoms with van der Waals surface area (Å²) in [5.74, 6) is -0.480. The Bertz CT molecular complexity index is 779. The van der Waals surface area contributed by atoms with Crippen molar-refractivity contribution in [2.45, 2.75) is 25.9 Å². The molecule has 0 radical (unpaired) electrons. The molecule has 3 rings (SSSR count). The van der Waals surface area contributed by atoms with Gasteiger partial charge in [-0.25, -0.2) is 9.18 Å². The molecule has 0 bridgehead atoms. The number of carbonyl (C=O) groups is 2. The Labute approximate surface area is 145 Å². The largest absolute Gasteiger partial charge is 0.334 e. The number of anilines is 1. The number of halogens is 1. The molecule has 3 amide bonds. The Morgan fingerprint density at radius 3 is 2.72 bits per heavy atom. The van der Waals surface area contributed by atoms with Crippen LogP contribution in [0.3, 0.4) is 0 Å². The van der Waals surface area contributed by atoms with E-state index >= 15 is 0 Å². The minimum absolute atomic E-state index is 0.180. The van der Waals surface area contributed by atoms with Gasteiger partial charge in [-0.3, -0.25) is 4.79 Å². The standard InChI is InChI=1S/C19H20FN3O2/c1-13-11-15(7-8-16(13)20)23-10-9-17(18(23)24)22-19(25)21-12-14-5-3-2-4-6-14/h2-8,11,17H,9-10,12H2,1H3,(H2,21,22,25). The fourth-order valence-corrected chi connectivity index (χ4v) is 2.85. The molecular weight excluding hydrogens is 321 g/mol. The van der Waals surface area contributed by atoms with Crippen LogP contribution in [-0.2, 0) is 11.3 Å². The number of aryl methyl sites for hydroxylation is 1. The molecule has 1 atom stereocenters. The van der Waals surface area contributed by atoms with Crippen molar-refractivity contribution < 1.29 is 14.0 Å². The fourth-order valence-electron chi connectivity index (χ4n) is 2.85. The molecule has 0 saturated carbocycles. The summed E-state index contributed by atoms with van der Waals surface area (Å²) in [6.45, 7) is 2.55. The van der Waals surface area contributed by atoms with Crippen LogP contribution in [-0.4, -0.2) is 24.5 Å². The molecule has 1 heterocycles. The molecule has 1 aliphatic heterocycles. The van der Waals surface area contributed by atoms with E-state index in [1.807, 2.05) is 30.3 Å². The van der Waals surface area contributed by atoms with Crippen molar-refractivity contribution in [2.24, 2.45) is 0 Å². The second kappa shape index (κ2) is 7.34. The van der Waals surface area contributed by atoms with E-state index in [4.69, 9.17) is 0 Å². The molecule has 2 aromatic carbocycles. The summed E-state index contributed by atoms with van der Waals surface area (Å²) in [4.78, 5) is 26.1. The average molecular weight is 341 g/mol. The molecule has 0 aliphatic carbocycles. The number of urea groups is 1. The van der Waals surface area contributed by atoms with E-state index in [0.717, 1.165) is 5.56 Å². The van der Waals surface area contributed by atoms with Crippen LogP contribution >= 0.6 is 0 Å². The zero-order valence-corrected chi connectivity index (χ0v) is 14.0. The van der Waals surface area contributed by atoms with Crippen molar-refractivity contribution in [3.05, 3.63) is 65.5 Å². The van der Waals surface area contributed by atoms with Gasteiger partial charge in [-0.2, -0.15) is 0 Å². The summed E-state index contributed by atoms with van der Waals surface area (Å²) in [5.41, 5.74) is 2.12. The molecule has 1 unspecified atom stereocenters. The zero-order valence-electron chi connectivity index (χ0n) is 14.0. The molecule has 0 aromatic heterocycles. The van der Waals surface area contributed by atoms with E-state index in [2.05, 4.69) is 10.6 Å². The van der Waals surface area contributed by atoms with Gasteiger partial charge in [-0.05, 0) is 42.7 Å². The Hall–Kier alpha value is -2.89. The fraction of sp³-hybridized carbons (Fsp3) is 0.263. The number of carbonyl (C=O) groups excluding carboxylic acids is 2. The van der Waals surface area contributed by atoms with Gasteiger partial charge in [0.25, 0.3) is 0 Å². The average Bonchev–Trinajstić information content (AvgIpc) is 2.97. The first-order valence-corrected chi connectivity index (χ1v) is 8.20. The van der Waals surface area contributed by atoms with Gasteiger partial charge in [-0.1, -0.05) is 30.3 Å². The molecular formula is C19H20FN3O2. The van der Waals surface area contributed by atoms with E-state index in [1.54, 1.807) is 24.0 Å². The predicted molar refractivity (Wildman–Crippen MR) is 93.7 cm³/mol. The lowest BCUT2D eigenvalue weighted by molar-refractivity contribution is -0.118. The number of nitrogens with one attached hydrogen (secondary N) is 2. The summed E-state index contributed by atoms with van der Waals surface area (Å²) >= 11 is 0. The molecule has 25 heavy (non-hydrogen) atoms.